The topological polar surface area (TPSA) is 60.7 Å². The van der Waals surface area contributed by atoms with E-state index in [1.807, 2.05) is 18.2 Å². The first-order chi connectivity index (χ1) is 24.6. The van der Waals surface area contributed by atoms with Crippen LogP contribution in [-0.2, 0) is 19.8 Å². The molecule has 0 saturated carbocycles. The van der Waals surface area contributed by atoms with Crippen molar-refractivity contribution in [2.45, 2.75) is 31.7 Å². The molecule has 0 amide bonds. The van der Waals surface area contributed by atoms with Gasteiger partial charge in [-0.05, 0) is 169 Å². The minimum atomic E-state index is -0.0489. The van der Waals surface area contributed by atoms with E-state index in [0.717, 1.165) is 81.3 Å². The Balaban J connectivity index is 1.27. The molecule has 3 N–H and O–H groups in total. The second-order valence-corrected chi connectivity index (χ2v) is 14.2. The molecule has 9 aromatic carbocycles. The van der Waals surface area contributed by atoms with Crippen molar-refractivity contribution < 1.29 is 15.3 Å². The van der Waals surface area contributed by atoms with Gasteiger partial charge in [-0.15, -0.1) is 0 Å². The highest BCUT2D eigenvalue weighted by Crippen LogP contribution is 2.58. The quantitative estimate of drug-likeness (QED) is 0.168. The summed E-state index contributed by atoms with van der Waals surface area (Å²) in [4.78, 5) is 0. The average Bonchev–Trinajstić information content (AvgIpc) is 3.15. The Bertz CT molecular complexity index is 2630. The molecule has 0 saturated heterocycles. The molecule has 0 spiro atoms. The summed E-state index contributed by atoms with van der Waals surface area (Å²) >= 11 is 0. The van der Waals surface area contributed by atoms with Crippen LogP contribution in [0.3, 0.4) is 0 Å². The van der Waals surface area contributed by atoms with Crippen LogP contribution in [-0.4, -0.2) is 15.3 Å². The second kappa shape index (κ2) is 10.2. The molecular weight excluding hydrogens is 613 g/mol. The zero-order valence-corrected chi connectivity index (χ0v) is 27.2. The molecule has 50 heavy (non-hydrogen) atoms. The van der Waals surface area contributed by atoms with Gasteiger partial charge >= 0.3 is 0 Å². The summed E-state index contributed by atoms with van der Waals surface area (Å²) in [5.74, 6) is -0.0393. The van der Waals surface area contributed by atoms with E-state index in [1.165, 1.54) is 33.4 Å². The number of aliphatic hydroxyl groups excluding tert-OH is 3. The van der Waals surface area contributed by atoms with Gasteiger partial charge in [0.25, 0.3) is 0 Å². The Labute approximate surface area is 288 Å². The molecule has 0 heterocycles. The summed E-state index contributed by atoms with van der Waals surface area (Å²) in [6, 6.07) is 46.0. The van der Waals surface area contributed by atoms with Crippen molar-refractivity contribution in [3.05, 3.63) is 177 Å². The lowest BCUT2D eigenvalue weighted by Gasteiger charge is -2.43. The van der Waals surface area contributed by atoms with E-state index in [1.54, 1.807) is 0 Å². The smallest absolute Gasteiger partial charge is 0.0693 e. The summed E-state index contributed by atoms with van der Waals surface area (Å²) in [6.45, 7) is -0.104. The molecule has 12 rings (SSSR count). The Morgan fingerprint density at radius 3 is 0.880 bits per heavy atom. The molecule has 9 aromatic rings. The Morgan fingerprint density at radius 2 is 0.580 bits per heavy atom. The van der Waals surface area contributed by atoms with Crippen molar-refractivity contribution in [1.29, 1.82) is 0 Å². The molecule has 0 radical (unpaired) electrons. The predicted molar refractivity (Wildman–Crippen MR) is 204 cm³/mol. The molecule has 238 valence electrons. The first-order valence-electron chi connectivity index (χ1n) is 17.4. The van der Waals surface area contributed by atoms with Crippen molar-refractivity contribution in [3.63, 3.8) is 0 Å². The number of aliphatic hydroxyl groups is 3. The first-order valence-corrected chi connectivity index (χ1v) is 17.4. The fraction of sp³-hybridized carbons (Fsp3) is 0.106. The predicted octanol–water partition coefficient (Wildman–Crippen LogP) is 10.1. The molecule has 3 aliphatic rings. The Hall–Kier alpha value is -5.58. The van der Waals surface area contributed by atoms with Gasteiger partial charge in [0.2, 0.25) is 0 Å². The molecule has 0 fully saturated rings. The van der Waals surface area contributed by atoms with Crippen LogP contribution >= 0.6 is 0 Å². The van der Waals surface area contributed by atoms with Crippen molar-refractivity contribution in [1.82, 2.24) is 0 Å². The number of hydrogen-bond donors (Lipinski definition) is 3. The Kier molecular flexibility index (Phi) is 5.78. The van der Waals surface area contributed by atoms with Gasteiger partial charge < -0.3 is 15.3 Å². The van der Waals surface area contributed by atoms with E-state index in [4.69, 9.17) is 0 Å². The highest BCUT2D eigenvalue weighted by molar-refractivity contribution is 6.07. The number of fused-ring (bicyclic) bond motifs is 6. The minimum Gasteiger partial charge on any atom is -0.392 e. The summed E-state index contributed by atoms with van der Waals surface area (Å²) in [5.41, 5.74) is 10.6. The maximum absolute atomic E-state index is 10.8. The van der Waals surface area contributed by atoms with Crippen LogP contribution in [0.15, 0.2) is 127 Å². The van der Waals surface area contributed by atoms with Crippen molar-refractivity contribution in [2.75, 3.05) is 0 Å². The second-order valence-electron chi connectivity index (χ2n) is 14.2. The van der Waals surface area contributed by atoms with Crippen LogP contribution in [0.1, 0.15) is 61.9 Å². The van der Waals surface area contributed by atoms with Gasteiger partial charge in [-0.25, -0.2) is 0 Å². The van der Waals surface area contributed by atoms with E-state index >= 15 is 0 Å². The fourth-order valence-electron chi connectivity index (χ4n) is 9.74. The van der Waals surface area contributed by atoms with Crippen LogP contribution in [0.25, 0.3) is 64.6 Å². The van der Waals surface area contributed by atoms with Gasteiger partial charge in [-0.3, -0.25) is 0 Å². The third-order valence-corrected chi connectivity index (χ3v) is 11.9. The van der Waals surface area contributed by atoms with Crippen molar-refractivity contribution in [2.24, 2.45) is 0 Å². The first kappa shape index (κ1) is 28.3. The van der Waals surface area contributed by atoms with Crippen LogP contribution in [0, 0.1) is 0 Å². The molecular formula is C47H32O3. The molecule has 2 bridgehead atoms. The van der Waals surface area contributed by atoms with Crippen LogP contribution in [0.2, 0.25) is 0 Å². The van der Waals surface area contributed by atoms with Crippen LogP contribution < -0.4 is 0 Å². The molecule has 3 aliphatic carbocycles. The minimum absolute atomic E-state index is 0.00957. The highest BCUT2D eigenvalue weighted by atomic mass is 16.3. The van der Waals surface area contributed by atoms with E-state index in [-0.39, 0.29) is 31.7 Å². The van der Waals surface area contributed by atoms with E-state index in [9.17, 15) is 15.3 Å². The maximum atomic E-state index is 10.8. The van der Waals surface area contributed by atoms with E-state index < -0.39 is 0 Å². The SMILES string of the molecule is OCc1c2ccccc2cc2cc3c(cc12)C1c2cc4c(CO)c5ccccc5cc4cc2C3c2cc3cc4ccccc4c(CO)c3cc21. The van der Waals surface area contributed by atoms with Crippen LogP contribution in [0.5, 0.6) is 0 Å². The third-order valence-electron chi connectivity index (χ3n) is 11.9. The number of rotatable bonds is 3. The average molecular weight is 645 g/mol. The van der Waals surface area contributed by atoms with E-state index in [2.05, 4.69) is 109 Å². The fourth-order valence-corrected chi connectivity index (χ4v) is 9.74. The van der Waals surface area contributed by atoms with Gasteiger partial charge in [-0.2, -0.15) is 0 Å². The number of hydrogen-bond acceptors (Lipinski definition) is 3. The summed E-state index contributed by atoms with van der Waals surface area (Å²) in [6.07, 6.45) is 0. The monoisotopic (exact) mass is 644 g/mol. The van der Waals surface area contributed by atoms with E-state index in [0.29, 0.717) is 0 Å². The molecule has 0 unspecified atom stereocenters. The summed E-state index contributed by atoms with van der Waals surface area (Å²) in [5, 5.41) is 45.6. The lowest BCUT2D eigenvalue weighted by molar-refractivity contribution is 0.284. The van der Waals surface area contributed by atoms with Crippen LogP contribution in [0.4, 0.5) is 0 Å². The standard InChI is InChI=1S/C47H32O3/c48-22-43-31-10-4-1-7-25(31)13-28-16-37-40(19-34(28)43)47-41-20-35-29(14-26-8-2-5-11-32(26)44(35)23-49)17-38(41)46(37)39-18-30-15-27-9-3-6-12-33(27)45(24-50)36(30)21-42(39)47/h1-21,46-50H,22-24H2. The number of benzene rings is 9. The van der Waals surface area contributed by atoms with Gasteiger partial charge in [0.15, 0.2) is 0 Å². The van der Waals surface area contributed by atoms with Gasteiger partial charge in [-0.1, -0.05) is 72.8 Å². The highest BCUT2D eigenvalue weighted by Gasteiger charge is 2.42. The van der Waals surface area contributed by atoms with Gasteiger partial charge in [0.1, 0.15) is 0 Å². The molecule has 0 atom stereocenters. The molecule has 0 aliphatic heterocycles. The van der Waals surface area contributed by atoms with Gasteiger partial charge in [0.05, 0.1) is 19.8 Å². The summed E-state index contributed by atoms with van der Waals surface area (Å²) in [7, 11) is 0. The summed E-state index contributed by atoms with van der Waals surface area (Å²) < 4.78 is 0. The Morgan fingerprint density at radius 1 is 0.300 bits per heavy atom. The maximum Gasteiger partial charge on any atom is 0.0693 e. The molecule has 0 aromatic heterocycles. The zero-order valence-electron chi connectivity index (χ0n) is 27.2. The van der Waals surface area contributed by atoms with Gasteiger partial charge in [0, 0.05) is 11.8 Å². The largest absolute Gasteiger partial charge is 0.392 e. The zero-order chi connectivity index (χ0) is 33.2. The lowest BCUT2D eigenvalue weighted by atomic mass is 9.60. The normalized spacial score (nSPS) is 16.1. The van der Waals surface area contributed by atoms with Crippen molar-refractivity contribution >= 4 is 64.6 Å². The van der Waals surface area contributed by atoms with Crippen molar-refractivity contribution in [3.8, 4) is 0 Å². The lowest BCUT2D eigenvalue weighted by Crippen LogP contribution is -2.27. The third kappa shape index (κ3) is 3.64. The molecule has 3 heteroatoms. The molecule has 3 nitrogen and oxygen atoms in total.